The Labute approximate surface area is 179 Å². The number of H-pyrrole nitrogens is 1. The number of rotatable bonds is 4. The molecule has 154 valence electrons. The molecule has 0 radical (unpaired) electrons. The summed E-state index contributed by atoms with van der Waals surface area (Å²) in [5.41, 5.74) is 4.32. The van der Waals surface area contributed by atoms with Gasteiger partial charge in [-0.15, -0.1) is 0 Å². The Morgan fingerprint density at radius 3 is 2.94 bits per heavy atom. The van der Waals surface area contributed by atoms with Crippen LogP contribution in [-0.4, -0.2) is 43.4 Å². The summed E-state index contributed by atoms with van der Waals surface area (Å²) in [5.74, 6) is 0.317. The lowest BCUT2D eigenvalue weighted by atomic mass is 10.1. The van der Waals surface area contributed by atoms with Crippen molar-refractivity contribution in [3.8, 4) is 17.2 Å². The van der Waals surface area contributed by atoms with E-state index in [0.717, 1.165) is 35.0 Å². The molecule has 1 saturated heterocycles. The first-order chi connectivity index (χ1) is 15.1. The number of amides is 1. The first-order valence-corrected chi connectivity index (χ1v) is 10.4. The largest absolute Gasteiger partial charge is 0.336 e. The van der Waals surface area contributed by atoms with Crippen molar-refractivity contribution in [2.75, 3.05) is 6.54 Å². The second kappa shape index (κ2) is 7.73. The van der Waals surface area contributed by atoms with E-state index in [2.05, 4.69) is 46.5 Å². The highest BCUT2D eigenvalue weighted by atomic mass is 16.2. The van der Waals surface area contributed by atoms with Gasteiger partial charge in [0.15, 0.2) is 0 Å². The first-order valence-electron chi connectivity index (χ1n) is 10.4. The van der Waals surface area contributed by atoms with Crippen LogP contribution in [0.25, 0.3) is 22.0 Å². The average Bonchev–Trinajstić information content (AvgIpc) is 3.54. The van der Waals surface area contributed by atoms with Gasteiger partial charge in [-0.25, -0.2) is 0 Å². The van der Waals surface area contributed by atoms with Crippen LogP contribution in [0.4, 0.5) is 0 Å². The zero-order valence-electron chi connectivity index (χ0n) is 17.2. The number of hydrogen-bond donors (Lipinski definition) is 1. The fourth-order valence-electron chi connectivity index (χ4n) is 4.51. The van der Waals surface area contributed by atoms with E-state index in [1.807, 2.05) is 28.2 Å². The molecule has 1 aliphatic heterocycles. The lowest BCUT2D eigenvalue weighted by Gasteiger charge is -2.21. The van der Waals surface area contributed by atoms with E-state index in [1.165, 1.54) is 0 Å². The lowest BCUT2D eigenvalue weighted by Crippen LogP contribution is -2.34. The van der Waals surface area contributed by atoms with Crippen molar-refractivity contribution in [2.24, 2.45) is 5.92 Å². The molecule has 5 rings (SSSR count). The van der Waals surface area contributed by atoms with Crippen molar-refractivity contribution in [1.82, 2.24) is 24.9 Å². The number of fused-ring (bicyclic) bond motifs is 1. The Morgan fingerprint density at radius 1 is 1.23 bits per heavy atom. The number of benzene rings is 2. The van der Waals surface area contributed by atoms with Crippen molar-refractivity contribution in [1.29, 1.82) is 5.26 Å². The number of carbonyl (C=O) groups is 1. The number of likely N-dealkylation sites (tertiary alicyclic amines) is 1. The summed E-state index contributed by atoms with van der Waals surface area (Å²) in [6, 6.07) is 15.5. The number of aromatic amines is 1. The summed E-state index contributed by atoms with van der Waals surface area (Å²) in [4.78, 5) is 14.9. The summed E-state index contributed by atoms with van der Waals surface area (Å²) in [6.45, 7) is 3.54. The Balaban J connectivity index is 1.32. The molecule has 7 heteroatoms. The van der Waals surface area contributed by atoms with Crippen molar-refractivity contribution in [2.45, 2.75) is 25.9 Å². The van der Waals surface area contributed by atoms with Gasteiger partial charge in [0.1, 0.15) is 0 Å². The third-order valence-electron chi connectivity index (χ3n) is 6.07. The Hall–Kier alpha value is -3.92. The summed E-state index contributed by atoms with van der Waals surface area (Å²) in [6.07, 6.45) is 6.51. The van der Waals surface area contributed by atoms with Crippen molar-refractivity contribution in [3.05, 3.63) is 72.2 Å². The normalized spacial score (nSPS) is 18.4. The van der Waals surface area contributed by atoms with E-state index < -0.39 is 0 Å². The minimum atomic E-state index is -0.0119. The van der Waals surface area contributed by atoms with E-state index in [4.69, 9.17) is 5.26 Å². The molecule has 1 aliphatic rings. The zero-order valence-corrected chi connectivity index (χ0v) is 17.2. The van der Waals surface area contributed by atoms with Crippen LogP contribution in [0.2, 0.25) is 0 Å². The van der Waals surface area contributed by atoms with E-state index in [1.54, 1.807) is 24.3 Å². The van der Waals surface area contributed by atoms with Gasteiger partial charge in [-0.3, -0.25) is 14.6 Å². The summed E-state index contributed by atoms with van der Waals surface area (Å²) in [7, 11) is 0. The molecule has 4 aromatic rings. The average molecular weight is 410 g/mol. The highest BCUT2D eigenvalue weighted by Crippen LogP contribution is 2.29. The third kappa shape index (κ3) is 3.57. The standard InChI is InChI=1S/C24H22N6O/c1-16-7-18(14-29(16)24(31)20-4-2-3-17(8-20)10-25)15-30-23-6-5-19(9-21(23)13-28-30)22-11-26-27-12-22/h2-6,8-9,11-13,16,18H,7,14-15H2,1H3,(H,26,27)/t16?,18-/m1/s1. The summed E-state index contributed by atoms with van der Waals surface area (Å²) >= 11 is 0. The lowest BCUT2D eigenvalue weighted by molar-refractivity contribution is 0.0742. The van der Waals surface area contributed by atoms with Crippen LogP contribution in [-0.2, 0) is 6.54 Å². The molecule has 1 fully saturated rings. The number of nitrogens with one attached hydrogen (secondary N) is 1. The number of aromatic nitrogens is 4. The van der Waals surface area contributed by atoms with Crippen molar-refractivity contribution in [3.63, 3.8) is 0 Å². The molecule has 2 aromatic heterocycles. The monoisotopic (exact) mass is 410 g/mol. The molecule has 0 saturated carbocycles. The second-order valence-corrected chi connectivity index (χ2v) is 8.19. The van der Waals surface area contributed by atoms with Gasteiger partial charge < -0.3 is 4.90 Å². The van der Waals surface area contributed by atoms with Gasteiger partial charge in [-0.05, 0) is 55.2 Å². The maximum atomic E-state index is 13.0. The Morgan fingerprint density at radius 2 is 2.13 bits per heavy atom. The fraction of sp³-hybridized carbons (Fsp3) is 0.250. The second-order valence-electron chi connectivity index (χ2n) is 8.19. The van der Waals surface area contributed by atoms with E-state index in [9.17, 15) is 4.79 Å². The minimum absolute atomic E-state index is 0.0119. The van der Waals surface area contributed by atoms with Crippen LogP contribution in [0.5, 0.6) is 0 Å². The Kier molecular flexibility index (Phi) is 4.75. The van der Waals surface area contributed by atoms with Crippen LogP contribution in [0, 0.1) is 17.2 Å². The summed E-state index contributed by atoms with van der Waals surface area (Å²) in [5, 5.41) is 21.7. The maximum Gasteiger partial charge on any atom is 0.254 e. The first kappa shape index (κ1) is 19.1. The number of hydrogen-bond acceptors (Lipinski definition) is 4. The third-order valence-corrected chi connectivity index (χ3v) is 6.07. The predicted molar refractivity (Wildman–Crippen MR) is 117 cm³/mol. The van der Waals surface area contributed by atoms with Gasteiger partial charge in [0.05, 0.1) is 29.5 Å². The number of nitriles is 1. The molecular weight excluding hydrogens is 388 g/mol. The molecular formula is C24H22N6O. The zero-order chi connectivity index (χ0) is 21.4. The van der Waals surface area contributed by atoms with E-state index >= 15 is 0 Å². The molecule has 1 unspecified atom stereocenters. The molecule has 2 atom stereocenters. The quantitative estimate of drug-likeness (QED) is 0.553. The number of nitrogens with zero attached hydrogens (tertiary/aromatic N) is 5. The summed E-state index contributed by atoms with van der Waals surface area (Å²) < 4.78 is 2.04. The highest BCUT2D eigenvalue weighted by Gasteiger charge is 2.33. The maximum absolute atomic E-state index is 13.0. The van der Waals surface area contributed by atoms with Gasteiger partial charge in [0, 0.05) is 41.8 Å². The molecule has 7 nitrogen and oxygen atoms in total. The van der Waals surface area contributed by atoms with E-state index in [-0.39, 0.29) is 11.9 Å². The van der Waals surface area contributed by atoms with Gasteiger partial charge in [0.2, 0.25) is 0 Å². The number of carbonyl (C=O) groups excluding carboxylic acids is 1. The smallest absolute Gasteiger partial charge is 0.254 e. The van der Waals surface area contributed by atoms with Gasteiger partial charge in [0.25, 0.3) is 5.91 Å². The molecule has 3 heterocycles. The molecule has 0 aliphatic carbocycles. The van der Waals surface area contributed by atoms with Gasteiger partial charge in [-0.1, -0.05) is 12.1 Å². The van der Waals surface area contributed by atoms with Crippen LogP contribution >= 0.6 is 0 Å². The van der Waals surface area contributed by atoms with Crippen LogP contribution in [0.15, 0.2) is 61.1 Å². The molecule has 31 heavy (non-hydrogen) atoms. The Bertz CT molecular complexity index is 1280. The molecule has 1 amide bonds. The molecule has 0 bridgehead atoms. The van der Waals surface area contributed by atoms with E-state index in [0.29, 0.717) is 23.6 Å². The van der Waals surface area contributed by atoms with Crippen LogP contribution in [0.3, 0.4) is 0 Å². The van der Waals surface area contributed by atoms with Crippen molar-refractivity contribution >= 4 is 16.8 Å². The van der Waals surface area contributed by atoms with Gasteiger partial charge in [-0.2, -0.15) is 15.5 Å². The van der Waals surface area contributed by atoms with Crippen LogP contribution in [0.1, 0.15) is 29.3 Å². The van der Waals surface area contributed by atoms with Gasteiger partial charge >= 0.3 is 0 Å². The molecule has 0 spiro atoms. The van der Waals surface area contributed by atoms with Crippen LogP contribution < -0.4 is 0 Å². The molecule has 1 N–H and O–H groups in total. The predicted octanol–water partition coefficient (Wildman–Crippen LogP) is 3.85. The highest BCUT2D eigenvalue weighted by molar-refractivity contribution is 5.95. The minimum Gasteiger partial charge on any atom is -0.336 e. The SMILES string of the molecule is CC1C[C@@H](Cn2ncc3cc(-c4cn[nH]c4)ccc32)CN1C(=O)c1cccc(C#N)c1. The molecule has 2 aromatic carbocycles. The fourth-order valence-corrected chi connectivity index (χ4v) is 4.51. The van der Waals surface area contributed by atoms with Crippen molar-refractivity contribution < 1.29 is 4.79 Å². The topological polar surface area (TPSA) is 90.6 Å².